The van der Waals surface area contributed by atoms with Crippen molar-refractivity contribution in [3.63, 3.8) is 0 Å². The zero-order valence-electron chi connectivity index (χ0n) is 61.9. The average Bonchev–Trinajstić information content (AvgIpc) is 1.56. The summed E-state index contributed by atoms with van der Waals surface area (Å²) in [5.41, 5.74) is 11.4. The van der Waals surface area contributed by atoms with E-state index in [9.17, 15) is 19.2 Å². The van der Waals surface area contributed by atoms with Gasteiger partial charge in [-0.3, -0.25) is 0 Å². The molecule has 8 atom stereocenters. The highest BCUT2D eigenvalue weighted by Gasteiger charge is 2.36. The van der Waals surface area contributed by atoms with Gasteiger partial charge in [0.15, 0.2) is 25.2 Å². The molecule has 0 aliphatic carbocycles. The van der Waals surface area contributed by atoms with Crippen LogP contribution in [0.2, 0.25) is 0 Å². The highest BCUT2D eigenvalue weighted by molar-refractivity contribution is 6.13. The summed E-state index contributed by atoms with van der Waals surface area (Å²) in [6.45, 7) is 24.2. The number of esters is 4. The number of H-pyrrole nitrogens is 1. The standard InChI is InChI=1S/C88H94N4O16/c1-54(2)85(93)101-43-35-58-31-39-97-77(47-58)105-73-21-13-9-17-67(73)81-70-30-29-65(91-70)52-64-26-25-62(89-64)51-63-27-28-66(90-63)53-72-82(68-18-10-14-22-74(68)106-78-48-59(32-40-98-78)36-44-102-86(94)55(3)4)83(69-19-11-15-23-75(69)107-79-49-60(33-41-99-79)37-45-103-87(95)56(5)6)84(81)92(72)71-20-12-16-24-76(71)108-80-50-61(34-42-100-80)38-46-104-88(96)57(7)8/h9-30,51-53,58-61,77-80,89H,1,3,5,7,31-50H2,2,4,6,8H3. The van der Waals surface area contributed by atoms with E-state index in [1.807, 2.05) is 133 Å². The maximum absolute atomic E-state index is 12.6. The van der Waals surface area contributed by atoms with Gasteiger partial charge in [0.25, 0.3) is 0 Å². The number of benzene rings is 4. The molecule has 13 rings (SSSR count). The van der Waals surface area contributed by atoms with Gasteiger partial charge in [0.1, 0.15) is 23.0 Å². The van der Waals surface area contributed by atoms with Crippen LogP contribution in [0, 0.1) is 23.7 Å². The van der Waals surface area contributed by atoms with E-state index in [0.29, 0.717) is 196 Å². The number of rotatable bonds is 28. The second-order valence-electron chi connectivity index (χ2n) is 28.6. The van der Waals surface area contributed by atoms with Crippen LogP contribution in [0.25, 0.3) is 85.4 Å². The Morgan fingerprint density at radius 2 is 0.759 bits per heavy atom. The third-order valence-electron chi connectivity index (χ3n) is 20.1. The highest BCUT2D eigenvalue weighted by Crippen LogP contribution is 2.54. The molecule has 6 aliphatic heterocycles. The third kappa shape index (κ3) is 18.8. The zero-order valence-corrected chi connectivity index (χ0v) is 61.9. The van der Waals surface area contributed by atoms with E-state index in [1.165, 1.54) is 0 Å². The summed E-state index contributed by atoms with van der Waals surface area (Å²) >= 11 is 0. The number of nitrogens with one attached hydrogen (secondary N) is 1. The Morgan fingerprint density at radius 3 is 1.18 bits per heavy atom. The molecule has 0 spiro atoms. The van der Waals surface area contributed by atoms with Crippen molar-refractivity contribution in [2.75, 3.05) is 52.9 Å². The van der Waals surface area contributed by atoms with Crippen LogP contribution in [0.5, 0.6) is 23.0 Å². The SMILES string of the molecule is C=C(C)C(=O)OCCC1CCOC(Oc2ccccc2-c2c(-c3ccccc3OC3CC(CCOC(=O)C(=C)C)CCO3)c3c(-c4ccccc4OC4CC(CCOC(=O)C(=C)C)CCO4)c4nc(cc5ccc(cc6nc(cc2n3-c2ccccc2OC2CC(CCOC(=O)C(=C)C)CCO2)C=C6)[nH]5)C=C4)C1. The first-order valence-electron chi connectivity index (χ1n) is 37.4. The summed E-state index contributed by atoms with van der Waals surface area (Å²) in [5, 5.41) is 0. The second kappa shape index (κ2) is 35.4. The smallest absolute Gasteiger partial charge is 0.333 e. The lowest BCUT2D eigenvalue weighted by molar-refractivity contribution is -0.142. The second-order valence-corrected chi connectivity index (χ2v) is 28.6. The van der Waals surface area contributed by atoms with E-state index in [-0.39, 0.29) is 50.1 Å². The summed E-state index contributed by atoms with van der Waals surface area (Å²) in [6, 6.07) is 42.0. The number of para-hydroxylation sites is 5. The Morgan fingerprint density at radius 1 is 0.417 bits per heavy atom. The van der Waals surface area contributed by atoms with Crippen LogP contribution in [0.1, 0.15) is 128 Å². The largest absolute Gasteiger partial charge is 0.464 e. The first kappa shape index (κ1) is 75.6. The molecular formula is C88H94N4O16. The average molecular weight is 1460 g/mol. The number of hydrogen-bond donors (Lipinski definition) is 1. The lowest BCUT2D eigenvalue weighted by atomic mass is 9.91. The van der Waals surface area contributed by atoms with Gasteiger partial charge in [-0.1, -0.05) is 93.0 Å². The van der Waals surface area contributed by atoms with Gasteiger partial charge in [0, 0.05) is 92.4 Å². The summed E-state index contributed by atoms with van der Waals surface area (Å²) in [6.07, 6.45) is 12.5. The van der Waals surface area contributed by atoms with Gasteiger partial charge in [-0.25, -0.2) is 29.1 Å². The van der Waals surface area contributed by atoms with Gasteiger partial charge in [-0.2, -0.15) is 0 Å². The first-order chi connectivity index (χ1) is 52.4. The number of ether oxygens (including phenoxy) is 12. The Labute approximate surface area is 630 Å². The Bertz CT molecular complexity index is 4770. The van der Waals surface area contributed by atoms with Gasteiger partial charge in [0.05, 0.1) is 92.4 Å². The minimum absolute atomic E-state index is 0.0826. The number of fused-ring (bicyclic) bond motifs is 8. The number of carbonyl (C=O) groups is 4. The van der Waals surface area contributed by atoms with Crippen LogP contribution in [0.3, 0.4) is 0 Å². The maximum atomic E-state index is 12.6. The van der Waals surface area contributed by atoms with Crippen molar-refractivity contribution in [3.05, 3.63) is 199 Å². The van der Waals surface area contributed by atoms with Crippen molar-refractivity contribution in [1.82, 2.24) is 19.5 Å². The van der Waals surface area contributed by atoms with Crippen LogP contribution in [0.15, 0.2) is 176 Å². The maximum Gasteiger partial charge on any atom is 0.333 e. The van der Waals surface area contributed by atoms with E-state index >= 15 is 0 Å². The molecule has 4 fully saturated rings. The van der Waals surface area contributed by atoms with Crippen molar-refractivity contribution < 1.29 is 76.0 Å². The number of carbonyl (C=O) groups excluding carboxylic acids is 4. The van der Waals surface area contributed by atoms with Crippen LogP contribution in [-0.4, -0.2) is 121 Å². The molecule has 20 heteroatoms. The molecule has 3 aromatic heterocycles. The van der Waals surface area contributed by atoms with Gasteiger partial charge in [-0.05, 0) is 188 Å². The molecule has 7 aromatic rings. The number of hydrogen-bond acceptors (Lipinski definition) is 18. The normalized spacial score (nSPS) is 20.3. The zero-order chi connectivity index (χ0) is 75.2. The van der Waals surface area contributed by atoms with Gasteiger partial charge >= 0.3 is 23.9 Å². The molecular weight excluding hydrogens is 1370 g/mol. The molecule has 0 radical (unpaired) electrons. The molecule has 8 bridgehead atoms. The summed E-state index contributed by atoms with van der Waals surface area (Å²) in [4.78, 5) is 65.1. The van der Waals surface area contributed by atoms with Crippen LogP contribution in [-0.2, 0) is 57.1 Å². The number of aromatic nitrogens is 4. The van der Waals surface area contributed by atoms with E-state index in [1.54, 1.807) is 27.7 Å². The molecule has 9 heterocycles. The Kier molecular flexibility index (Phi) is 24.8. The fraction of sp³-hybridized carbons (Fsp3) is 0.364. The minimum atomic E-state index is -0.736. The molecule has 4 saturated heterocycles. The van der Waals surface area contributed by atoms with Gasteiger partial charge in [0.2, 0.25) is 0 Å². The Hall–Kier alpha value is -10.6. The highest BCUT2D eigenvalue weighted by atomic mass is 16.7. The quantitative estimate of drug-likeness (QED) is 0.0273. The fourth-order valence-corrected chi connectivity index (χ4v) is 14.4. The third-order valence-corrected chi connectivity index (χ3v) is 20.1. The predicted molar refractivity (Wildman–Crippen MR) is 414 cm³/mol. The minimum Gasteiger partial charge on any atom is -0.464 e. The molecule has 8 unspecified atom stereocenters. The molecule has 0 saturated carbocycles. The summed E-state index contributed by atoms with van der Waals surface area (Å²) < 4.78 is 80.4. The van der Waals surface area contributed by atoms with Crippen molar-refractivity contribution in [2.24, 2.45) is 23.7 Å². The number of nitrogens with zero attached hydrogens (tertiary/aromatic N) is 3. The summed E-state index contributed by atoms with van der Waals surface area (Å²) in [7, 11) is 0. The lowest BCUT2D eigenvalue weighted by Crippen LogP contribution is -2.31. The van der Waals surface area contributed by atoms with Crippen LogP contribution < -0.4 is 18.9 Å². The topological polar surface area (TPSA) is 226 Å². The van der Waals surface area contributed by atoms with Crippen molar-refractivity contribution >= 4 is 70.2 Å². The molecule has 0 amide bonds. The molecule has 6 aliphatic rings. The van der Waals surface area contributed by atoms with E-state index in [4.69, 9.17) is 66.8 Å². The van der Waals surface area contributed by atoms with Crippen molar-refractivity contribution in [1.29, 1.82) is 0 Å². The van der Waals surface area contributed by atoms with Crippen LogP contribution >= 0.6 is 0 Å². The molecule has 4 aromatic carbocycles. The molecule has 20 nitrogen and oxygen atoms in total. The van der Waals surface area contributed by atoms with Crippen molar-refractivity contribution in [3.8, 4) is 62.1 Å². The van der Waals surface area contributed by atoms with Crippen LogP contribution in [0.4, 0.5) is 0 Å². The first-order valence-corrected chi connectivity index (χ1v) is 37.4. The Balaban J connectivity index is 1.09. The number of aromatic amines is 1. The van der Waals surface area contributed by atoms with E-state index in [2.05, 4.69) is 54.1 Å². The fourth-order valence-electron chi connectivity index (χ4n) is 14.4. The van der Waals surface area contributed by atoms with Gasteiger partial charge in [-0.15, -0.1) is 0 Å². The van der Waals surface area contributed by atoms with Gasteiger partial charge < -0.3 is 66.4 Å². The molecule has 108 heavy (non-hydrogen) atoms. The molecule has 1 N–H and O–H groups in total. The van der Waals surface area contributed by atoms with E-state index in [0.717, 1.165) is 36.7 Å². The predicted octanol–water partition coefficient (Wildman–Crippen LogP) is 17.7. The lowest BCUT2D eigenvalue weighted by Gasteiger charge is -2.31. The molecule has 562 valence electrons. The van der Waals surface area contributed by atoms with Crippen molar-refractivity contribution in [2.45, 2.75) is 130 Å². The monoisotopic (exact) mass is 1460 g/mol. The summed E-state index contributed by atoms with van der Waals surface area (Å²) in [5.74, 6) is 0.592. The van der Waals surface area contributed by atoms with E-state index < -0.39 is 49.0 Å².